The molecule has 27 heavy (non-hydrogen) atoms. The van der Waals surface area contributed by atoms with Crippen molar-refractivity contribution in [3.05, 3.63) is 29.8 Å². The Kier molecular flexibility index (Phi) is 7.47. The van der Waals surface area contributed by atoms with Gasteiger partial charge in [0.15, 0.2) is 19.7 Å². The fourth-order valence-corrected chi connectivity index (χ4v) is 7.92. The number of rotatable bonds is 9. The van der Waals surface area contributed by atoms with E-state index in [9.17, 15) is 16.8 Å². The summed E-state index contributed by atoms with van der Waals surface area (Å²) >= 11 is 0. The van der Waals surface area contributed by atoms with E-state index < -0.39 is 31.0 Å². The summed E-state index contributed by atoms with van der Waals surface area (Å²) in [6, 6.07) is 6.18. The van der Waals surface area contributed by atoms with E-state index in [1.165, 1.54) is 0 Å². The van der Waals surface area contributed by atoms with Gasteiger partial charge in [-0.2, -0.15) is 0 Å². The quantitative estimate of drug-likeness (QED) is 0.619. The molecule has 154 valence electrons. The van der Waals surface area contributed by atoms with Gasteiger partial charge in [0.05, 0.1) is 27.8 Å². The molecule has 0 aliphatic carbocycles. The first-order valence-electron chi connectivity index (χ1n) is 9.42. The van der Waals surface area contributed by atoms with E-state index in [1.807, 2.05) is 27.7 Å². The van der Waals surface area contributed by atoms with Gasteiger partial charge in [0.2, 0.25) is 0 Å². The molecule has 0 saturated carbocycles. The lowest BCUT2D eigenvalue weighted by molar-refractivity contribution is 0.0768. The first-order chi connectivity index (χ1) is 12.5. The van der Waals surface area contributed by atoms with Crippen LogP contribution < -0.4 is 5.32 Å². The molecule has 1 aromatic carbocycles. The Hall–Kier alpha value is -0.960. The van der Waals surface area contributed by atoms with Gasteiger partial charge in [0.1, 0.15) is 0 Å². The Morgan fingerprint density at radius 1 is 1.11 bits per heavy atom. The third-order valence-electron chi connectivity index (χ3n) is 4.75. The standard InChI is InChI=1S/C19H31NO5S2/c1-14(2)16-6-8-17(9-7-16)27(23,24)19-13-26(21,22)12-18(19)20-10-5-11-25-15(3)4/h6-9,14-15,18-20H,5,10-13H2,1-4H3/t18-,19-/m0/s1. The summed E-state index contributed by atoms with van der Waals surface area (Å²) < 4.78 is 55.8. The zero-order valence-corrected chi connectivity index (χ0v) is 18.1. The number of hydrogen-bond donors (Lipinski definition) is 1. The maximum atomic E-state index is 13.1. The number of sulfone groups is 2. The van der Waals surface area contributed by atoms with E-state index in [2.05, 4.69) is 5.32 Å². The zero-order chi connectivity index (χ0) is 20.2. The molecule has 0 aromatic heterocycles. The van der Waals surface area contributed by atoms with E-state index in [4.69, 9.17) is 4.74 Å². The smallest absolute Gasteiger partial charge is 0.183 e. The van der Waals surface area contributed by atoms with E-state index >= 15 is 0 Å². The molecule has 0 unspecified atom stereocenters. The van der Waals surface area contributed by atoms with Gasteiger partial charge >= 0.3 is 0 Å². The van der Waals surface area contributed by atoms with E-state index in [0.717, 1.165) is 5.56 Å². The van der Waals surface area contributed by atoms with Crippen LogP contribution in [-0.2, 0) is 24.4 Å². The van der Waals surface area contributed by atoms with Crippen LogP contribution in [0.25, 0.3) is 0 Å². The minimum Gasteiger partial charge on any atom is -0.379 e. The van der Waals surface area contributed by atoms with E-state index in [-0.39, 0.29) is 22.5 Å². The normalized spacial score (nSPS) is 22.6. The van der Waals surface area contributed by atoms with Crippen molar-refractivity contribution in [2.45, 2.75) is 62.3 Å². The van der Waals surface area contributed by atoms with Gasteiger partial charge in [-0.15, -0.1) is 0 Å². The summed E-state index contributed by atoms with van der Waals surface area (Å²) in [4.78, 5) is 0.184. The molecule has 8 heteroatoms. The first kappa shape index (κ1) is 22.3. The lowest BCUT2D eigenvalue weighted by atomic mass is 10.0. The molecule has 1 aliphatic heterocycles. The largest absolute Gasteiger partial charge is 0.379 e. The Morgan fingerprint density at radius 3 is 2.30 bits per heavy atom. The number of nitrogens with one attached hydrogen (secondary N) is 1. The fourth-order valence-electron chi connectivity index (χ4n) is 3.21. The van der Waals surface area contributed by atoms with Crippen LogP contribution >= 0.6 is 0 Å². The Bertz CT molecular complexity index is 814. The predicted octanol–water partition coefficient (Wildman–Crippen LogP) is 2.15. The van der Waals surface area contributed by atoms with Gasteiger partial charge in [-0.1, -0.05) is 26.0 Å². The topological polar surface area (TPSA) is 89.5 Å². The van der Waals surface area contributed by atoms with Crippen molar-refractivity contribution in [3.8, 4) is 0 Å². The third-order valence-corrected chi connectivity index (χ3v) is 8.92. The molecule has 1 aromatic rings. The van der Waals surface area contributed by atoms with Crippen LogP contribution in [0.5, 0.6) is 0 Å². The lowest BCUT2D eigenvalue weighted by Crippen LogP contribution is -2.43. The summed E-state index contributed by atoms with van der Waals surface area (Å²) in [5.74, 6) is -0.177. The average Bonchev–Trinajstić information content (AvgIpc) is 2.90. The number of hydrogen-bond acceptors (Lipinski definition) is 6. The highest BCUT2D eigenvalue weighted by atomic mass is 32.2. The Balaban J connectivity index is 2.11. The summed E-state index contributed by atoms with van der Waals surface area (Å²) in [6.45, 7) is 9.05. The van der Waals surface area contributed by atoms with Crippen LogP contribution in [0, 0.1) is 0 Å². The second-order valence-corrected chi connectivity index (χ2v) is 12.0. The Morgan fingerprint density at radius 2 is 1.74 bits per heavy atom. The summed E-state index contributed by atoms with van der Waals surface area (Å²) in [7, 11) is -7.12. The molecule has 6 nitrogen and oxygen atoms in total. The molecule has 0 amide bonds. The molecule has 0 bridgehead atoms. The van der Waals surface area contributed by atoms with Crippen molar-refractivity contribution in [1.82, 2.24) is 5.32 Å². The number of benzene rings is 1. The highest BCUT2D eigenvalue weighted by molar-refractivity contribution is 7.96. The SMILES string of the molecule is CC(C)OCCCN[C@H]1CS(=O)(=O)C[C@@H]1S(=O)(=O)c1ccc(C(C)C)cc1. The van der Waals surface area contributed by atoms with Gasteiger partial charge in [-0.25, -0.2) is 16.8 Å². The summed E-state index contributed by atoms with van der Waals surface area (Å²) in [5, 5.41) is 2.17. The monoisotopic (exact) mass is 417 g/mol. The highest BCUT2D eigenvalue weighted by Crippen LogP contribution is 2.27. The molecule has 2 atom stereocenters. The van der Waals surface area contributed by atoms with Crippen LogP contribution in [-0.4, -0.2) is 58.9 Å². The lowest BCUT2D eigenvalue weighted by Gasteiger charge is -2.20. The van der Waals surface area contributed by atoms with Crippen LogP contribution in [0.3, 0.4) is 0 Å². The van der Waals surface area contributed by atoms with Gasteiger partial charge < -0.3 is 10.1 Å². The predicted molar refractivity (Wildman–Crippen MR) is 108 cm³/mol. The fraction of sp³-hybridized carbons (Fsp3) is 0.684. The van der Waals surface area contributed by atoms with Crippen LogP contribution in [0.1, 0.15) is 45.6 Å². The number of ether oxygens (including phenoxy) is 1. The van der Waals surface area contributed by atoms with Crippen LogP contribution in [0.2, 0.25) is 0 Å². The minimum atomic E-state index is -3.73. The highest BCUT2D eigenvalue weighted by Gasteiger charge is 2.45. The molecular weight excluding hydrogens is 386 g/mol. The first-order valence-corrected chi connectivity index (χ1v) is 12.8. The third kappa shape index (κ3) is 6.01. The molecule has 1 saturated heterocycles. The second kappa shape index (κ2) is 9.03. The van der Waals surface area contributed by atoms with Crippen molar-refractivity contribution in [1.29, 1.82) is 0 Å². The maximum absolute atomic E-state index is 13.1. The van der Waals surface area contributed by atoms with Gasteiger partial charge in [-0.3, -0.25) is 0 Å². The summed E-state index contributed by atoms with van der Waals surface area (Å²) in [6.07, 6.45) is 0.837. The molecule has 0 radical (unpaired) electrons. The Labute approximate surface area is 163 Å². The minimum absolute atomic E-state index is 0.138. The molecule has 1 aliphatic rings. The van der Waals surface area contributed by atoms with Gasteiger partial charge in [0, 0.05) is 12.6 Å². The molecule has 1 N–H and O–H groups in total. The summed E-state index contributed by atoms with van der Waals surface area (Å²) in [5.41, 5.74) is 1.05. The molecule has 0 spiro atoms. The van der Waals surface area contributed by atoms with Crippen molar-refractivity contribution in [3.63, 3.8) is 0 Å². The van der Waals surface area contributed by atoms with E-state index in [1.54, 1.807) is 24.3 Å². The zero-order valence-electron chi connectivity index (χ0n) is 16.5. The second-order valence-electron chi connectivity index (χ2n) is 7.72. The maximum Gasteiger partial charge on any atom is 0.183 e. The molecule has 2 rings (SSSR count). The van der Waals surface area contributed by atoms with Gasteiger partial charge in [-0.05, 0) is 50.4 Å². The van der Waals surface area contributed by atoms with Crippen molar-refractivity contribution in [2.75, 3.05) is 24.7 Å². The van der Waals surface area contributed by atoms with E-state index in [0.29, 0.717) is 25.5 Å². The van der Waals surface area contributed by atoms with Crippen LogP contribution in [0.4, 0.5) is 0 Å². The molecular formula is C19H31NO5S2. The van der Waals surface area contributed by atoms with Crippen molar-refractivity contribution < 1.29 is 21.6 Å². The van der Waals surface area contributed by atoms with Crippen molar-refractivity contribution >= 4 is 19.7 Å². The van der Waals surface area contributed by atoms with Crippen molar-refractivity contribution in [2.24, 2.45) is 0 Å². The molecule has 1 fully saturated rings. The molecule has 1 heterocycles. The van der Waals surface area contributed by atoms with Gasteiger partial charge in [0.25, 0.3) is 0 Å². The van der Waals surface area contributed by atoms with Crippen LogP contribution in [0.15, 0.2) is 29.2 Å². The average molecular weight is 418 g/mol.